The summed E-state index contributed by atoms with van der Waals surface area (Å²) in [5.74, 6) is -0.733. The number of fused-ring (bicyclic) bond motifs is 1. The van der Waals surface area contributed by atoms with Crippen LogP contribution < -0.4 is 10.1 Å². The molecule has 0 bridgehead atoms. The Balaban J connectivity index is 1.53. The van der Waals surface area contributed by atoms with E-state index >= 15 is 0 Å². The molecule has 1 aliphatic heterocycles. The smallest absolute Gasteiger partial charge is 0.507 e. The predicted molar refractivity (Wildman–Crippen MR) is 121 cm³/mol. The molecule has 1 amide bonds. The Bertz CT molecular complexity index is 1220. The Hall–Kier alpha value is -3.70. The van der Waals surface area contributed by atoms with Crippen molar-refractivity contribution in [3.8, 4) is 22.9 Å². The van der Waals surface area contributed by atoms with Gasteiger partial charge in [-0.25, -0.2) is 4.79 Å². The highest BCUT2D eigenvalue weighted by Crippen LogP contribution is 2.34. The summed E-state index contributed by atoms with van der Waals surface area (Å²) in [7, 11) is 0. The van der Waals surface area contributed by atoms with Gasteiger partial charge in [-0.15, -0.1) is 18.3 Å². The number of nitrogens with zero attached hydrogens (tertiary/aromatic N) is 4. The van der Waals surface area contributed by atoms with E-state index in [-0.39, 0.29) is 23.5 Å². The molecule has 3 aromatic rings. The van der Waals surface area contributed by atoms with E-state index in [1.807, 2.05) is 26.8 Å². The largest absolute Gasteiger partial charge is 0.573 e. The van der Waals surface area contributed by atoms with Gasteiger partial charge in [0.25, 0.3) is 0 Å². The van der Waals surface area contributed by atoms with Gasteiger partial charge in [-0.05, 0) is 51.8 Å². The lowest BCUT2D eigenvalue weighted by Gasteiger charge is -2.34. The molecular formula is C23H26F3N5O4. The summed E-state index contributed by atoms with van der Waals surface area (Å²) in [4.78, 5) is 14.1. The van der Waals surface area contributed by atoms with Crippen LogP contribution in [-0.2, 0) is 4.74 Å². The topological polar surface area (TPSA) is 101 Å². The number of carbonyl (C=O) groups excluding carboxylic acids is 1. The monoisotopic (exact) mass is 493 g/mol. The second-order valence-electron chi connectivity index (χ2n) is 9.33. The van der Waals surface area contributed by atoms with Gasteiger partial charge < -0.3 is 24.8 Å². The zero-order valence-electron chi connectivity index (χ0n) is 19.5. The Morgan fingerprint density at radius 2 is 2.00 bits per heavy atom. The molecule has 1 aliphatic rings. The number of halogens is 3. The second kappa shape index (κ2) is 9.16. The first-order chi connectivity index (χ1) is 16.4. The molecule has 12 heteroatoms. The van der Waals surface area contributed by atoms with E-state index in [9.17, 15) is 23.1 Å². The number of ether oxygens (including phenoxy) is 2. The van der Waals surface area contributed by atoms with Gasteiger partial charge in [0.05, 0.1) is 23.0 Å². The van der Waals surface area contributed by atoms with Crippen LogP contribution in [0.2, 0.25) is 0 Å². The molecule has 2 aromatic heterocycles. The molecule has 1 aromatic carbocycles. The average Bonchev–Trinajstić information content (AvgIpc) is 3.14. The molecule has 3 heterocycles. The number of hydrogen-bond donors (Lipinski definition) is 2. The lowest BCUT2D eigenvalue weighted by atomic mass is 10.1. The zero-order chi connectivity index (χ0) is 25.4. The van der Waals surface area contributed by atoms with E-state index in [1.54, 1.807) is 15.5 Å². The second-order valence-corrected chi connectivity index (χ2v) is 9.33. The molecule has 4 rings (SSSR count). The van der Waals surface area contributed by atoms with Crippen molar-refractivity contribution in [1.29, 1.82) is 0 Å². The minimum absolute atomic E-state index is 0.00903. The van der Waals surface area contributed by atoms with Crippen molar-refractivity contribution < 1.29 is 32.5 Å². The van der Waals surface area contributed by atoms with Crippen molar-refractivity contribution in [3.05, 3.63) is 36.7 Å². The third kappa shape index (κ3) is 6.06. The molecular weight excluding hydrogens is 467 g/mol. The lowest BCUT2D eigenvalue weighted by molar-refractivity contribution is -0.274. The third-order valence-corrected chi connectivity index (χ3v) is 5.31. The maximum Gasteiger partial charge on any atom is 0.573 e. The molecule has 0 saturated carbocycles. The quantitative estimate of drug-likeness (QED) is 0.538. The van der Waals surface area contributed by atoms with Crippen molar-refractivity contribution in [2.45, 2.75) is 51.6 Å². The molecule has 1 atom stereocenters. The minimum Gasteiger partial charge on any atom is -0.507 e. The summed E-state index contributed by atoms with van der Waals surface area (Å²) in [6.45, 7) is 6.57. The summed E-state index contributed by atoms with van der Waals surface area (Å²) in [6, 6.07) is 5.08. The SMILES string of the molecule is CC(C)(C)OC(=O)N1CCC[C@@H](Nc2cc3cnnc(-c4ccc(OC(F)(F)F)cc4O)n3c2)C1. The van der Waals surface area contributed by atoms with Crippen LogP contribution in [0, 0.1) is 0 Å². The molecule has 0 aliphatic carbocycles. The number of aromatic nitrogens is 3. The van der Waals surface area contributed by atoms with E-state index < -0.39 is 23.5 Å². The summed E-state index contributed by atoms with van der Waals surface area (Å²) in [5.41, 5.74) is 1.02. The Labute approximate surface area is 199 Å². The van der Waals surface area contributed by atoms with Crippen molar-refractivity contribution in [2.24, 2.45) is 0 Å². The number of aromatic hydroxyl groups is 1. The summed E-state index contributed by atoms with van der Waals surface area (Å²) in [5, 5.41) is 21.8. The number of amides is 1. The van der Waals surface area contributed by atoms with Crippen molar-refractivity contribution >= 4 is 17.3 Å². The van der Waals surface area contributed by atoms with Crippen LogP contribution in [-0.4, -0.2) is 61.8 Å². The average molecular weight is 493 g/mol. The highest BCUT2D eigenvalue weighted by atomic mass is 19.4. The number of benzene rings is 1. The number of piperidine rings is 1. The summed E-state index contributed by atoms with van der Waals surface area (Å²) < 4.78 is 48.4. The van der Waals surface area contributed by atoms with E-state index in [1.165, 1.54) is 12.3 Å². The Morgan fingerprint density at radius 1 is 1.23 bits per heavy atom. The fourth-order valence-electron chi connectivity index (χ4n) is 3.94. The number of nitrogens with one attached hydrogen (secondary N) is 1. The lowest BCUT2D eigenvalue weighted by Crippen LogP contribution is -2.46. The highest BCUT2D eigenvalue weighted by molar-refractivity contribution is 5.71. The third-order valence-electron chi connectivity index (χ3n) is 5.31. The van der Waals surface area contributed by atoms with Gasteiger partial charge >= 0.3 is 12.5 Å². The zero-order valence-corrected chi connectivity index (χ0v) is 19.5. The molecule has 188 valence electrons. The Kier molecular flexibility index (Phi) is 6.39. The number of hydrogen-bond acceptors (Lipinski definition) is 7. The van der Waals surface area contributed by atoms with Crippen LogP contribution in [0.1, 0.15) is 33.6 Å². The van der Waals surface area contributed by atoms with Crippen molar-refractivity contribution in [3.63, 3.8) is 0 Å². The van der Waals surface area contributed by atoms with Crippen LogP contribution in [0.25, 0.3) is 16.9 Å². The molecule has 2 N–H and O–H groups in total. The van der Waals surface area contributed by atoms with Crippen molar-refractivity contribution in [2.75, 3.05) is 18.4 Å². The van der Waals surface area contributed by atoms with E-state index in [0.717, 1.165) is 30.7 Å². The maximum absolute atomic E-state index is 12.5. The number of anilines is 1. The van der Waals surface area contributed by atoms with Crippen LogP contribution >= 0.6 is 0 Å². The number of carbonyl (C=O) groups is 1. The summed E-state index contributed by atoms with van der Waals surface area (Å²) >= 11 is 0. The van der Waals surface area contributed by atoms with Crippen LogP contribution in [0.3, 0.4) is 0 Å². The van der Waals surface area contributed by atoms with Gasteiger partial charge in [0.15, 0.2) is 5.82 Å². The van der Waals surface area contributed by atoms with Crippen LogP contribution in [0.15, 0.2) is 36.7 Å². The van der Waals surface area contributed by atoms with E-state index in [4.69, 9.17) is 4.74 Å². The molecule has 9 nitrogen and oxygen atoms in total. The normalized spacial score (nSPS) is 16.9. The van der Waals surface area contributed by atoms with Gasteiger partial charge in [0.1, 0.15) is 17.1 Å². The first-order valence-corrected chi connectivity index (χ1v) is 11.1. The van der Waals surface area contributed by atoms with Gasteiger partial charge in [-0.1, -0.05) is 0 Å². The number of phenolic OH excluding ortho intramolecular Hbond substituents is 1. The molecule has 35 heavy (non-hydrogen) atoms. The first-order valence-electron chi connectivity index (χ1n) is 11.1. The number of rotatable bonds is 4. The van der Waals surface area contributed by atoms with Crippen LogP contribution in [0.4, 0.5) is 23.7 Å². The summed E-state index contributed by atoms with van der Waals surface area (Å²) in [6.07, 6.45) is -0.260. The first kappa shape index (κ1) is 24.4. The minimum atomic E-state index is -4.87. The van der Waals surface area contributed by atoms with Crippen LogP contribution in [0.5, 0.6) is 11.5 Å². The maximum atomic E-state index is 12.5. The standard InChI is InChI=1S/C23H26F3N5O4/c1-22(2,3)35-21(33)30-8-4-5-14(12-30)28-15-9-16-11-27-29-20(31(16)13-15)18-7-6-17(10-19(18)32)34-23(24,25)26/h6-7,9-11,13-14,28,32H,4-5,8,12H2,1-3H3/t14-/m1/s1. The number of likely N-dealkylation sites (tertiary alicyclic amines) is 1. The van der Waals surface area contributed by atoms with Crippen molar-refractivity contribution in [1.82, 2.24) is 19.5 Å². The molecule has 0 spiro atoms. The van der Waals surface area contributed by atoms with Gasteiger partial charge in [-0.2, -0.15) is 5.10 Å². The molecule has 1 saturated heterocycles. The fourth-order valence-corrected chi connectivity index (χ4v) is 3.94. The fraction of sp³-hybridized carbons (Fsp3) is 0.435. The van der Waals surface area contributed by atoms with Gasteiger partial charge in [0.2, 0.25) is 0 Å². The highest BCUT2D eigenvalue weighted by Gasteiger charge is 2.31. The predicted octanol–water partition coefficient (Wildman–Crippen LogP) is 4.81. The van der Waals surface area contributed by atoms with Gasteiger partial charge in [0, 0.05) is 31.4 Å². The van der Waals surface area contributed by atoms with Gasteiger partial charge in [-0.3, -0.25) is 4.40 Å². The molecule has 0 radical (unpaired) electrons. The van der Waals surface area contributed by atoms with E-state index in [2.05, 4.69) is 20.3 Å². The Morgan fingerprint density at radius 3 is 2.69 bits per heavy atom. The number of alkyl halides is 3. The van der Waals surface area contributed by atoms with E-state index in [0.29, 0.717) is 18.6 Å². The molecule has 1 fully saturated rings. The molecule has 0 unspecified atom stereocenters. The number of phenols is 1.